The van der Waals surface area contributed by atoms with Crippen LogP contribution in [0, 0.1) is 12.7 Å². The summed E-state index contributed by atoms with van der Waals surface area (Å²) in [5.74, 6) is 0.521. The van der Waals surface area contributed by atoms with Crippen LogP contribution in [0.5, 0.6) is 5.75 Å². The van der Waals surface area contributed by atoms with E-state index in [-0.39, 0.29) is 18.9 Å². The molecule has 0 spiro atoms. The van der Waals surface area contributed by atoms with Gasteiger partial charge in [0.25, 0.3) is 0 Å². The molecule has 3 aromatic rings. The van der Waals surface area contributed by atoms with Crippen molar-refractivity contribution in [1.82, 2.24) is 30.1 Å². The number of ether oxygens (including phenoxy) is 1. The number of carbonyl (C=O) groups excluding carboxylic acids is 1. The van der Waals surface area contributed by atoms with Crippen molar-refractivity contribution in [3.63, 3.8) is 0 Å². The first-order valence-corrected chi connectivity index (χ1v) is 11.8. The normalized spacial score (nSPS) is 14.6. The van der Waals surface area contributed by atoms with Crippen LogP contribution in [0.3, 0.4) is 0 Å². The van der Waals surface area contributed by atoms with Gasteiger partial charge in [0, 0.05) is 62.4 Å². The van der Waals surface area contributed by atoms with E-state index in [0.717, 1.165) is 44.0 Å². The number of likely N-dealkylation sites (N-methyl/N-ethyl adjacent to an activating group) is 1. The highest BCUT2D eigenvalue weighted by Gasteiger charge is 2.14. The van der Waals surface area contributed by atoms with Crippen molar-refractivity contribution in [3.8, 4) is 17.0 Å². The summed E-state index contributed by atoms with van der Waals surface area (Å²) < 4.78 is 20.5. The van der Waals surface area contributed by atoms with Crippen molar-refractivity contribution in [3.05, 3.63) is 71.7 Å². The summed E-state index contributed by atoms with van der Waals surface area (Å²) in [7, 11) is 2.13. The zero-order chi connectivity index (χ0) is 24.6. The van der Waals surface area contributed by atoms with Gasteiger partial charge < -0.3 is 15.0 Å². The van der Waals surface area contributed by atoms with E-state index in [1.54, 1.807) is 42.7 Å². The minimum Gasteiger partial charge on any atom is -0.492 e. The van der Waals surface area contributed by atoms with Gasteiger partial charge in [-0.15, -0.1) is 0 Å². The highest BCUT2D eigenvalue weighted by molar-refractivity contribution is 5.78. The van der Waals surface area contributed by atoms with Crippen LogP contribution in [0.1, 0.15) is 17.1 Å². The number of amides is 1. The SMILES string of the molecule is Cc1ccnc(CNC(=O)Cc2ccc(-c3ccc(OCCN4CCN(C)CC4)cc3F)nc2)n1. The molecule has 1 aliphatic heterocycles. The van der Waals surface area contributed by atoms with Crippen LogP contribution in [0.4, 0.5) is 4.39 Å². The van der Waals surface area contributed by atoms with Crippen molar-refractivity contribution in [2.75, 3.05) is 46.4 Å². The Morgan fingerprint density at radius 3 is 2.66 bits per heavy atom. The predicted molar refractivity (Wildman–Crippen MR) is 131 cm³/mol. The molecular formula is C26H31FN6O2. The summed E-state index contributed by atoms with van der Waals surface area (Å²) in [5, 5.41) is 2.81. The minimum absolute atomic E-state index is 0.158. The summed E-state index contributed by atoms with van der Waals surface area (Å²) >= 11 is 0. The molecule has 1 aromatic carbocycles. The van der Waals surface area contributed by atoms with E-state index < -0.39 is 5.82 Å². The number of piperazine rings is 1. The Kier molecular flexibility index (Phi) is 8.33. The average molecular weight is 479 g/mol. The number of carbonyl (C=O) groups is 1. The highest BCUT2D eigenvalue weighted by atomic mass is 19.1. The molecule has 1 saturated heterocycles. The number of nitrogens with one attached hydrogen (secondary N) is 1. The van der Waals surface area contributed by atoms with Crippen molar-refractivity contribution in [2.45, 2.75) is 19.9 Å². The lowest BCUT2D eigenvalue weighted by Gasteiger charge is -2.32. The molecule has 4 rings (SSSR count). The van der Waals surface area contributed by atoms with Gasteiger partial charge in [-0.2, -0.15) is 0 Å². The molecule has 184 valence electrons. The number of benzene rings is 1. The minimum atomic E-state index is -0.391. The topological polar surface area (TPSA) is 83.5 Å². The van der Waals surface area contributed by atoms with Crippen LogP contribution in [-0.4, -0.2) is 77.0 Å². The van der Waals surface area contributed by atoms with Gasteiger partial charge in [-0.3, -0.25) is 14.7 Å². The number of pyridine rings is 1. The second kappa shape index (κ2) is 11.8. The molecule has 1 amide bonds. The number of nitrogens with zero attached hydrogens (tertiary/aromatic N) is 5. The maximum absolute atomic E-state index is 14.7. The third kappa shape index (κ3) is 7.27. The van der Waals surface area contributed by atoms with Gasteiger partial charge in [-0.1, -0.05) is 6.07 Å². The molecule has 1 N–H and O–H groups in total. The Hall–Kier alpha value is -3.43. The zero-order valence-electron chi connectivity index (χ0n) is 20.2. The Morgan fingerprint density at radius 2 is 1.94 bits per heavy atom. The first-order chi connectivity index (χ1) is 17.0. The molecule has 35 heavy (non-hydrogen) atoms. The maximum Gasteiger partial charge on any atom is 0.224 e. The average Bonchev–Trinajstić information content (AvgIpc) is 2.85. The molecule has 0 unspecified atom stereocenters. The summed E-state index contributed by atoms with van der Waals surface area (Å²) in [6.45, 7) is 7.65. The van der Waals surface area contributed by atoms with Crippen LogP contribution < -0.4 is 10.1 Å². The maximum atomic E-state index is 14.7. The van der Waals surface area contributed by atoms with Gasteiger partial charge in [0.05, 0.1) is 18.7 Å². The number of hydrogen-bond acceptors (Lipinski definition) is 7. The Labute approximate surface area is 205 Å². The molecule has 0 aliphatic carbocycles. The lowest BCUT2D eigenvalue weighted by Crippen LogP contribution is -2.45. The van der Waals surface area contributed by atoms with E-state index >= 15 is 0 Å². The van der Waals surface area contributed by atoms with Crippen molar-refractivity contribution < 1.29 is 13.9 Å². The Bertz CT molecular complexity index is 1130. The fraction of sp³-hybridized carbons (Fsp3) is 0.385. The molecule has 1 fully saturated rings. The van der Waals surface area contributed by atoms with Crippen LogP contribution in [0.15, 0.2) is 48.8 Å². The van der Waals surface area contributed by atoms with Gasteiger partial charge in [-0.25, -0.2) is 14.4 Å². The third-order valence-electron chi connectivity index (χ3n) is 5.97. The smallest absolute Gasteiger partial charge is 0.224 e. The number of hydrogen-bond donors (Lipinski definition) is 1. The van der Waals surface area contributed by atoms with Crippen LogP contribution in [0.25, 0.3) is 11.3 Å². The lowest BCUT2D eigenvalue weighted by atomic mass is 10.1. The monoisotopic (exact) mass is 478 g/mol. The fourth-order valence-corrected chi connectivity index (χ4v) is 3.86. The van der Waals surface area contributed by atoms with Gasteiger partial charge in [0.1, 0.15) is 24.0 Å². The van der Waals surface area contributed by atoms with Gasteiger partial charge >= 0.3 is 0 Å². The van der Waals surface area contributed by atoms with E-state index in [9.17, 15) is 9.18 Å². The summed E-state index contributed by atoms with van der Waals surface area (Å²) in [6, 6.07) is 10.1. The van der Waals surface area contributed by atoms with Crippen molar-refractivity contribution in [2.24, 2.45) is 0 Å². The predicted octanol–water partition coefficient (Wildman–Crippen LogP) is 2.47. The molecule has 1 aliphatic rings. The van der Waals surface area contributed by atoms with E-state index in [4.69, 9.17) is 4.74 Å². The number of rotatable bonds is 9. The van der Waals surface area contributed by atoms with Gasteiger partial charge in [-0.05, 0) is 43.8 Å². The second-order valence-corrected chi connectivity index (χ2v) is 8.75. The molecule has 3 heterocycles. The zero-order valence-corrected chi connectivity index (χ0v) is 20.2. The molecule has 0 saturated carbocycles. The van der Waals surface area contributed by atoms with E-state index in [0.29, 0.717) is 29.4 Å². The largest absolute Gasteiger partial charge is 0.492 e. The van der Waals surface area contributed by atoms with E-state index in [2.05, 4.69) is 37.1 Å². The number of aryl methyl sites for hydroxylation is 1. The van der Waals surface area contributed by atoms with Gasteiger partial charge in [0.15, 0.2) is 0 Å². The number of aromatic nitrogens is 3. The van der Waals surface area contributed by atoms with E-state index in [1.807, 2.05) is 6.92 Å². The summed E-state index contributed by atoms with van der Waals surface area (Å²) in [4.78, 5) is 29.7. The first kappa shape index (κ1) is 24.7. The Morgan fingerprint density at radius 1 is 1.11 bits per heavy atom. The lowest BCUT2D eigenvalue weighted by molar-refractivity contribution is -0.120. The third-order valence-corrected chi connectivity index (χ3v) is 5.97. The molecular weight excluding hydrogens is 447 g/mol. The molecule has 0 radical (unpaired) electrons. The standard InChI is InChI=1S/C26H31FN6O2/c1-19-7-8-28-25(31-19)18-30-26(34)15-20-3-6-24(29-17-20)22-5-4-21(16-23(22)27)35-14-13-33-11-9-32(2)10-12-33/h3-8,16-17H,9-15,18H2,1-2H3,(H,30,34). The van der Waals surface area contributed by atoms with Crippen LogP contribution in [0.2, 0.25) is 0 Å². The summed E-state index contributed by atoms with van der Waals surface area (Å²) in [6.07, 6.45) is 3.43. The number of halogens is 1. The molecule has 9 heteroatoms. The molecule has 2 aromatic heterocycles. The summed E-state index contributed by atoms with van der Waals surface area (Å²) in [5.41, 5.74) is 2.48. The second-order valence-electron chi connectivity index (χ2n) is 8.75. The molecule has 0 atom stereocenters. The van der Waals surface area contributed by atoms with Crippen molar-refractivity contribution >= 4 is 5.91 Å². The fourth-order valence-electron chi connectivity index (χ4n) is 3.86. The quantitative estimate of drug-likeness (QED) is 0.506. The van der Waals surface area contributed by atoms with E-state index in [1.165, 1.54) is 6.07 Å². The van der Waals surface area contributed by atoms with Crippen molar-refractivity contribution in [1.29, 1.82) is 0 Å². The highest BCUT2D eigenvalue weighted by Crippen LogP contribution is 2.25. The molecule has 0 bridgehead atoms. The van der Waals surface area contributed by atoms with Gasteiger partial charge in [0.2, 0.25) is 5.91 Å². The Balaban J connectivity index is 1.26. The molecule has 8 nitrogen and oxygen atoms in total. The first-order valence-electron chi connectivity index (χ1n) is 11.8. The van der Waals surface area contributed by atoms with Crippen LogP contribution >= 0.6 is 0 Å². The van der Waals surface area contributed by atoms with Crippen LogP contribution in [-0.2, 0) is 17.8 Å².